The van der Waals surface area contributed by atoms with Crippen LogP contribution in [0.4, 0.5) is 0 Å². The van der Waals surface area contributed by atoms with Crippen molar-refractivity contribution in [2.45, 2.75) is 0 Å². The fourth-order valence-electron chi connectivity index (χ4n) is 2.30. The lowest BCUT2D eigenvalue weighted by Crippen LogP contribution is -2.22. The molecule has 0 aliphatic heterocycles. The topological polar surface area (TPSA) is 76.5 Å². The molecule has 4 rings (SSSR count). The van der Waals surface area contributed by atoms with Crippen LogP contribution in [-0.4, -0.2) is 24.7 Å². The monoisotopic (exact) mass is 297 g/mol. The van der Waals surface area contributed by atoms with E-state index in [0.29, 0.717) is 10.5 Å². The average Bonchev–Trinajstić information content (AvgIpc) is 2.87. The van der Waals surface area contributed by atoms with Crippen molar-refractivity contribution in [3.05, 3.63) is 58.2 Å². The van der Waals surface area contributed by atoms with Crippen LogP contribution in [0.15, 0.2) is 47.7 Å². The molecule has 0 atom stereocenters. The summed E-state index contributed by atoms with van der Waals surface area (Å²) < 4.78 is 1.17. The quantitative estimate of drug-likeness (QED) is 0.585. The van der Waals surface area contributed by atoms with Gasteiger partial charge in [-0.3, -0.25) is 4.79 Å². The van der Waals surface area contributed by atoms with Crippen LogP contribution in [0.1, 0.15) is 0 Å². The van der Waals surface area contributed by atoms with Crippen molar-refractivity contribution in [1.82, 2.24) is 24.7 Å². The number of aromatic nitrogens is 5. The Labute approximate surface area is 123 Å². The van der Waals surface area contributed by atoms with Crippen LogP contribution >= 0.6 is 11.6 Å². The molecule has 21 heavy (non-hydrogen) atoms. The lowest BCUT2D eigenvalue weighted by atomic mass is 10.2. The molecule has 3 aromatic heterocycles. The molecule has 0 aliphatic carbocycles. The van der Waals surface area contributed by atoms with Gasteiger partial charge in [0.05, 0.1) is 6.20 Å². The Kier molecular flexibility index (Phi) is 2.52. The Balaban J connectivity index is 2.08. The van der Waals surface area contributed by atoms with Crippen molar-refractivity contribution >= 4 is 33.4 Å². The van der Waals surface area contributed by atoms with Crippen molar-refractivity contribution in [3.63, 3.8) is 0 Å². The maximum Gasteiger partial charge on any atom is 0.298 e. The number of halogens is 1. The highest BCUT2D eigenvalue weighted by Gasteiger charge is 2.12. The zero-order valence-corrected chi connectivity index (χ0v) is 11.4. The first-order valence-electron chi connectivity index (χ1n) is 6.21. The fourth-order valence-corrected chi connectivity index (χ4v) is 2.48. The predicted octanol–water partition coefficient (Wildman–Crippen LogP) is 2.31. The van der Waals surface area contributed by atoms with E-state index in [0.717, 1.165) is 16.3 Å². The van der Waals surface area contributed by atoms with E-state index in [9.17, 15) is 4.79 Å². The molecule has 4 aromatic rings. The van der Waals surface area contributed by atoms with Crippen LogP contribution < -0.4 is 5.56 Å². The molecule has 0 bridgehead atoms. The van der Waals surface area contributed by atoms with E-state index >= 15 is 0 Å². The van der Waals surface area contributed by atoms with E-state index in [1.54, 1.807) is 36.8 Å². The third kappa shape index (κ3) is 1.80. The van der Waals surface area contributed by atoms with E-state index in [1.807, 2.05) is 6.07 Å². The molecule has 0 saturated carbocycles. The summed E-state index contributed by atoms with van der Waals surface area (Å²) in [6.45, 7) is 0. The molecule has 6 nitrogen and oxygen atoms in total. The van der Waals surface area contributed by atoms with Crippen LogP contribution in [-0.2, 0) is 0 Å². The van der Waals surface area contributed by atoms with Crippen molar-refractivity contribution in [3.8, 4) is 5.95 Å². The van der Waals surface area contributed by atoms with Gasteiger partial charge in [-0.25, -0.2) is 9.97 Å². The number of benzene rings is 1. The fraction of sp³-hybridized carbons (Fsp3) is 0. The first-order chi connectivity index (χ1) is 10.2. The highest BCUT2D eigenvalue weighted by Crippen LogP contribution is 2.25. The van der Waals surface area contributed by atoms with Crippen molar-refractivity contribution in [2.75, 3.05) is 0 Å². The van der Waals surface area contributed by atoms with Gasteiger partial charge in [-0.15, -0.1) is 0 Å². The van der Waals surface area contributed by atoms with Gasteiger partial charge in [0.25, 0.3) is 11.5 Å². The maximum atomic E-state index is 12.5. The van der Waals surface area contributed by atoms with Gasteiger partial charge in [-0.1, -0.05) is 11.6 Å². The minimum Gasteiger partial charge on any atom is -0.350 e. The molecule has 0 spiro atoms. The van der Waals surface area contributed by atoms with Gasteiger partial charge in [0, 0.05) is 33.7 Å². The van der Waals surface area contributed by atoms with Gasteiger partial charge in [0.2, 0.25) is 0 Å². The standard InChI is InChI=1S/C14H8ClN5O/c15-8-2-3-11-9(6-8)10-7-18-20(13(21)12(10)19-11)14-16-4-1-5-17-14/h1-7,19H. The van der Waals surface area contributed by atoms with Gasteiger partial charge in [-0.05, 0) is 24.3 Å². The van der Waals surface area contributed by atoms with Gasteiger partial charge in [-0.2, -0.15) is 9.78 Å². The van der Waals surface area contributed by atoms with Gasteiger partial charge in [0.1, 0.15) is 5.52 Å². The number of rotatable bonds is 1. The first kappa shape index (κ1) is 12.0. The summed E-state index contributed by atoms with van der Waals surface area (Å²) >= 11 is 6.01. The summed E-state index contributed by atoms with van der Waals surface area (Å²) in [5.74, 6) is 0.237. The Morgan fingerprint density at radius 3 is 2.76 bits per heavy atom. The Bertz CT molecular complexity index is 1020. The third-order valence-corrected chi connectivity index (χ3v) is 3.49. The van der Waals surface area contributed by atoms with Crippen molar-refractivity contribution in [2.24, 2.45) is 0 Å². The lowest BCUT2D eigenvalue weighted by Gasteiger charge is -2.00. The second-order valence-corrected chi connectivity index (χ2v) is 4.95. The Morgan fingerprint density at radius 1 is 1.14 bits per heavy atom. The first-order valence-corrected chi connectivity index (χ1v) is 6.58. The summed E-state index contributed by atoms with van der Waals surface area (Å²) in [5, 5.41) is 6.35. The highest BCUT2D eigenvalue weighted by molar-refractivity contribution is 6.31. The van der Waals surface area contributed by atoms with E-state index in [-0.39, 0.29) is 11.5 Å². The average molecular weight is 298 g/mol. The molecule has 0 radical (unpaired) electrons. The minimum atomic E-state index is -0.300. The molecule has 0 saturated heterocycles. The van der Waals surface area contributed by atoms with Gasteiger partial charge < -0.3 is 4.98 Å². The zero-order chi connectivity index (χ0) is 14.4. The summed E-state index contributed by atoms with van der Waals surface area (Å²) in [5.41, 5.74) is 0.987. The molecule has 1 N–H and O–H groups in total. The second kappa shape index (κ2) is 4.39. The molecule has 7 heteroatoms. The predicted molar refractivity (Wildman–Crippen MR) is 79.8 cm³/mol. The van der Waals surface area contributed by atoms with E-state index in [1.165, 1.54) is 4.68 Å². The van der Waals surface area contributed by atoms with Crippen LogP contribution in [0.5, 0.6) is 0 Å². The molecule has 102 valence electrons. The molecular formula is C14H8ClN5O. The Morgan fingerprint density at radius 2 is 1.95 bits per heavy atom. The normalized spacial score (nSPS) is 11.3. The number of hydrogen-bond acceptors (Lipinski definition) is 4. The van der Waals surface area contributed by atoms with Crippen LogP contribution in [0, 0.1) is 0 Å². The van der Waals surface area contributed by atoms with Gasteiger partial charge >= 0.3 is 0 Å². The van der Waals surface area contributed by atoms with Crippen molar-refractivity contribution in [1.29, 1.82) is 0 Å². The zero-order valence-electron chi connectivity index (χ0n) is 10.6. The molecule has 3 heterocycles. The number of aromatic amines is 1. The molecule has 0 amide bonds. The number of fused-ring (bicyclic) bond motifs is 3. The van der Waals surface area contributed by atoms with Crippen LogP contribution in [0.2, 0.25) is 5.02 Å². The third-order valence-electron chi connectivity index (χ3n) is 3.25. The second-order valence-electron chi connectivity index (χ2n) is 4.51. The van der Waals surface area contributed by atoms with E-state index < -0.39 is 0 Å². The van der Waals surface area contributed by atoms with Crippen LogP contribution in [0.3, 0.4) is 0 Å². The SMILES string of the molecule is O=c1c2[nH]c3ccc(Cl)cc3c2cnn1-c1ncccn1. The van der Waals surface area contributed by atoms with E-state index in [4.69, 9.17) is 11.6 Å². The Hall–Kier alpha value is -2.73. The lowest BCUT2D eigenvalue weighted by molar-refractivity contribution is 0.761. The number of hydrogen-bond donors (Lipinski definition) is 1. The highest BCUT2D eigenvalue weighted by atomic mass is 35.5. The number of H-pyrrole nitrogens is 1. The van der Waals surface area contributed by atoms with E-state index in [2.05, 4.69) is 20.1 Å². The summed E-state index contributed by atoms with van der Waals surface area (Å²) in [6.07, 6.45) is 4.74. The summed E-state index contributed by atoms with van der Waals surface area (Å²) in [7, 11) is 0. The largest absolute Gasteiger partial charge is 0.350 e. The van der Waals surface area contributed by atoms with Crippen molar-refractivity contribution < 1.29 is 0 Å². The molecule has 0 aliphatic rings. The molecule has 0 unspecified atom stereocenters. The molecule has 0 fully saturated rings. The molecule has 1 aromatic carbocycles. The summed E-state index contributed by atoms with van der Waals surface area (Å²) in [6, 6.07) is 7.09. The number of nitrogens with zero attached hydrogens (tertiary/aromatic N) is 4. The smallest absolute Gasteiger partial charge is 0.298 e. The van der Waals surface area contributed by atoms with Gasteiger partial charge in [0.15, 0.2) is 0 Å². The minimum absolute atomic E-state index is 0.237. The van der Waals surface area contributed by atoms with Crippen LogP contribution in [0.25, 0.3) is 27.8 Å². The number of nitrogens with one attached hydrogen (secondary N) is 1. The summed E-state index contributed by atoms with van der Waals surface area (Å²) in [4.78, 5) is 23.7. The maximum absolute atomic E-state index is 12.5. The molecular weight excluding hydrogens is 290 g/mol.